The van der Waals surface area contributed by atoms with Crippen molar-refractivity contribution in [3.05, 3.63) is 39.5 Å². The highest BCUT2D eigenvalue weighted by molar-refractivity contribution is 5.97. The van der Waals surface area contributed by atoms with Crippen LogP contribution < -0.4 is 0 Å². The molecule has 0 radical (unpaired) electrons. The molecule has 0 amide bonds. The fourth-order valence-corrected chi connectivity index (χ4v) is 3.09. The van der Waals surface area contributed by atoms with E-state index in [9.17, 15) is 14.7 Å². The van der Waals surface area contributed by atoms with E-state index < -0.39 is 5.97 Å². The van der Waals surface area contributed by atoms with Gasteiger partial charge in [0.05, 0.1) is 0 Å². The molecule has 1 aliphatic heterocycles. The van der Waals surface area contributed by atoms with Crippen molar-refractivity contribution < 1.29 is 19.4 Å². The molecular formula is C19H24O4. The summed E-state index contributed by atoms with van der Waals surface area (Å²) >= 11 is 0. The summed E-state index contributed by atoms with van der Waals surface area (Å²) in [6, 6.07) is 0. The lowest BCUT2D eigenvalue weighted by Crippen LogP contribution is -2.04. The predicted octanol–water partition coefficient (Wildman–Crippen LogP) is 3.79. The molecule has 4 nitrogen and oxygen atoms in total. The average Bonchev–Trinajstić information content (AvgIpc) is 2.89. The fourth-order valence-electron chi connectivity index (χ4n) is 3.09. The van der Waals surface area contributed by atoms with Gasteiger partial charge in [-0.15, -0.1) is 0 Å². The number of carbonyl (C=O) groups excluding carboxylic acids is 2. The number of hydrogen-bond donors (Lipinski definition) is 1. The molecular weight excluding hydrogens is 292 g/mol. The molecule has 0 saturated heterocycles. The maximum atomic E-state index is 11.9. The Morgan fingerprint density at radius 2 is 1.96 bits per heavy atom. The molecule has 0 bridgehead atoms. The molecule has 1 heterocycles. The van der Waals surface area contributed by atoms with Crippen LogP contribution in [0.5, 0.6) is 5.75 Å². The molecule has 124 valence electrons. The van der Waals surface area contributed by atoms with Gasteiger partial charge in [-0.3, -0.25) is 0 Å². The molecule has 0 aromatic heterocycles. The number of ketones is 1. The number of phenols is 1. The summed E-state index contributed by atoms with van der Waals surface area (Å²) in [7, 11) is 0. The summed E-state index contributed by atoms with van der Waals surface area (Å²) in [6.07, 6.45) is 4.63. The van der Waals surface area contributed by atoms with Crippen LogP contribution in [-0.4, -0.2) is 16.9 Å². The zero-order valence-corrected chi connectivity index (χ0v) is 14.3. The standard InChI is InChI=1S/C19H24O4/c1-5-14-13(4)16-10-23-19(22)17(16)18(21)15(14)9-7-11(2)6-8-12(3)20/h7,21H,5-6,8-10H2,1-4H3/b11-7+. The number of aromatic hydroxyl groups is 1. The Kier molecular flexibility index (Phi) is 5.24. The minimum Gasteiger partial charge on any atom is -0.507 e. The molecule has 1 aliphatic rings. The van der Waals surface area contributed by atoms with Crippen molar-refractivity contribution in [2.45, 2.75) is 60.0 Å². The summed E-state index contributed by atoms with van der Waals surface area (Å²) in [4.78, 5) is 22.9. The Hall–Kier alpha value is -2.10. The Morgan fingerprint density at radius 1 is 1.26 bits per heavy atom. The van der Waals surface area contributed by atoms with E-state index in [4.69, 9.17) is 4.74 Å². The van der Waals surface area contributed by atoms with Gasteiger partial charge < -0.3 is 14.6 Å². The number of ether oxygens (including phenoxy) is 1. The zero-order valence-electron chi connectivity index (χ0n) is 14.3. The second-order valence-corrected chi connectivity index (χ2v) is 6.17. The quantitative estimate of drug-likeness (QED) is 0.640. The van der Waals surface area contributed by atoms with Crippen LogP contribution >= 0.6 is 0 Å². The molecule has 1 N–H and O–H groups in total. The van der Waals surface area contributed by atoms with Crippen LogP contribution in [0.1, 0.15) is 66.2 Å². The van der Waals surface area contributed by atoms with Crippen molar-refractivity contribution in [3.63, 3.8) is 0 Å². The van der Waals surface area contributed by atoms with Crippen LogP contribution in [-0.2, 0) is 29.0 Å². The van der Waals surface area contributed by atoms with Gasteiger partial charge in [-0.2, -0.15) is 0 Å². The monoisotopic (exact) mass is 316 g/mol. The number of rotatable bonds is 6. The van der Waals surface area contributed by atoms with Gasteiger partial charge in [0, 0.05) is 17.5 Å². The van der Waals surface area contributed by atoms with E-state index in [2.05, 4.69) is 0 Å². The average molecular weight is 316 g/mol. The van der Waals surface area contributed by atoms with Crippen LogP contribution in [0.4, 0.5) is 0 Å². The summed E-state index contributed by atoms with van der Waals surface area (Å²) in [5, 5.41) is 10.6. The van der Waals surface area contributed by atoms with Gasteiger partial charge in [0.25, 0.3) is 0 Å². The summed E-state index contributed by atoms with van der Waals surface area (Å²) in [5.41, 5.74) is 5.16. The summed E-state index contributed by atoms with van der Waals surface area (Å²) < 4.78 is 5.08. The lowest BCUT2D eigenvalue weighted by molar-refractivity contribution is -0.116. The van der Waals surface area contributed by atoms with Crippen molar-refractivity contribution >= 4 is 11.8 Å². The first-order valence-corrected chi connectivity index (χ1v) is 8.05. The number of Topliss-reactive ketones (excluding diaryl/α,β-unsaturated/α-hetero) is 1. The normalized spacial score (nSPS) is 13.9. The third-order valence-corrected chi connectivity index (χ3v) is 4.53. The molecule has 2 rings (SSSR count). The highest BCUT2D eigenvalue weighted by atomic mass is 16.5. The van der Waals surface area contributed by atoms with E-state index in [0.29, 0.717) is 18.4 Å². The number of cyclic esters (lactones) is 1. The summed E-state index contributed by atoms with van der Waals surface area (Å²) in [5.74, 6) is -0.215. The van der Waals surface area contributed by atoms with Gasteiger partial charge in [-0.25, -0.2) is 4.79 Å². The molecule has 0 unspecified atom stereocenters. The molecule has 0 atom stereocenters. The second-order valence-electron chi connectivity index (χ2n) is 6.17. The molecule has 4 heteroatoms. The van der Waals surface area contributed by atoms with Gasteiger partial charge in [0.1, 0.15) is 23.7 Å². The first-order valence-electron chi connectivity index (χ1n) is 8.05. The molecule has 0 saturated carbocycles. The van der Waals surface area contributed by atoms with Crippen LogP contribution in [0.3, 0.4) is 0 Å². The third-order valence-electron chi connectivity index (χ3n) is 4.53. The Morgan fingerprint density at radius 3 is 2.57 bits per heavy atom. The number of benzene rings is 1. The lowest BCUT2D eigenvalue weighted by Gasteiger charge is -2.16. The number of allylic oxidation sites excluding steroid dienone is 2. The van der Waals surface area contributed by atoms with Crippen molar-refractivity contribution in [1.29, 1.82) is 0 Å². The van der Waals surface area contributed by atoms with E-state index in [0.717, 1.165) is 40.7 Å². The molecule has 0 spiro atoms. The Bertz CT molecular complexity index is 683. The molecule has 1 aromatic rings. The number of carbonyl (C=O) groups is 2. The molecule has 0 aliphatic carbocycles. The maximum Gasteiger partial charge on any atom is 0.342 e. The van der Waals surface area contributed by atoms with Gasteiger partial charge in [-0.05, 0) is 51.2 Å². The van der Waals surface area contributed by atoms with Crippen LogP contribution in [0.25, 0.3) is 0 Å². The van der Waals surface area contributed by atoms with Crippen LogP contribution in [0.15, 0.2) is 11.6 Å². The Balaban J connectivity index is 2.37. The number of phenolic OH excluding ortho intramolecular Hbond substituents is 1. The number of esters is 1. The lowest BCUT2D eigenvalue weighted by atomic mass is 9.89. The smallest absolute Gasteiger partial charge is 0.342 e. The molecule has 1 aromatic carbocycles. The zero-order chi connectivity index (χ0) is 17.1. The highest BCUT2D eigenvalue weighted by Gasteiger charge is 2.30. The molecule has 0 fully saturated rings. The van der Waals surface area contributed by atoms with Gasteiger partial charge in [0.2, 0.25) is 0 Å². The van der Waals surface area contributed by atoms with Crippen LogP contribution in [0, 0.1) is 6.92 Å². The summed E-state index contributed by atoms with van der Waals surface area (Å²) in [6.45, 7) is 7.84. The molecule has 23 heavy (non-hydrogen) atoms. The van der Waals surface area contributed by atoms with E-state index in [1.54, 1.807) is 6.92 Å². The second kappa shape index (κ2) is 6.99. The van der Waals surface area contributed by atoms with Crippen molar-refractivity contribution in [3.8, 4) is 5.75 Å². The van der Waals surface area contributed by atoms with Gasteiger partial charge in [0.15, 0.2) is 0 Å². The minimum absolute atomic E-state index is 0.0561. The van der Waals surface area contributed by atoms with Crippen molar-refractivity contribution in [2.24, 2.45) is 0 Å². The SMILES string of the molecule is CCc1c(C)c2c(c(O)c1C/C=C(\C)CCC(C)=O)C(=O)OC2. The minimum atomic E-state index is -0.443. The largest absolute Gasteiger partial charge is 0.507 e. The topological polar surface area (TPSA) is 63.6 Å². The first kappa shape index (κ1) is 17.3. The number of fused-ring (bicyclic) bond motifs is 1. The van der Waals surface area contributed by atoms with Crippen molar-refractivity contribution in [1.82, 2.24) is 0 Å². The fraction of sp³-hybridized carbons (Fsp3) is 0.474. The van der Waals surface area contributed by atoms with E-state index >= 15 is 0 Å². The van der Waals surface area contributed by atoms with Gasteiger partial charge in [-0.1, -0.05) is 18.6 Å². The Labute approximate surface area is 137 Å². The van der Waals surface area contributed by atoms with Crippen LogP contribution in [0.2, 0.25) is 0 Å². The predicted molar refractivity (Wildman–Crippen MR) is 88.7 cm³/mol. The number of hydrogen-bond acceptors (Lipinski definition) is 4. The van der Waals surface area contributed by atoms with Crippen molar-refractivity contribution in [2.75, 3.05) is 0 Å². The third kappa shape index (κ3) is 3.46. The van der Waals surface area contributed by atoms with Gasteiger partial charge >= 0.3 is 5.97 Å². The van der Waals surface area contributed by atoms with E-state index in [1.807, 2.05) is 26.8 Å². The first-order chi connectivity index (χ1) is 10.9. The van der Waals surface area contributed by atoms with E-state index in [-0.39, 0.29) is 18.1 Å². The maximum absolute atomic E-state index is 11.9. The van der Waals surface area contributed by atoms with E-state index in [1.165, 1.54) is 0 Å². The highest BCUT2D eigenvalue weighted by Crippen LogP contribution is 2.38.